The average Bonchev–Trinajstić information content (AvgIpc) is 3.01. The molecular weight excluding hydrogens is 435 g/mol. The number of benzene rings is 2. The van der Waals surface area contributed by atoms with E-state index in [9.17, 15) is 19.5 Å². The number of carbonyl (C=O) groups is 3. The molecule has 0 aromatic heterocycles. The minimum Gasteiger partial charge on any atom is -0.479 e. The van der Waals surface area contributed by atoms with Gasteiger partial charge in [0, 0.05) is 22.6 Å². The van der Waals surface area contributed by atoms with Gasteiger partial charge in [0.1, 0.15) is 0 Å². The van der Waals surface area contributed by atoms with Crippen LogP contribution in [-0.4, -0.2) is 35.4 Å². The molecule has 0 aliphatic carbocycles. The molecule has 1 amide bonds. The minimum atomic E-state index is -1.99. The number of anilines is 1. The van der Waals surface area contributed by atoms with E-state index in [0.29, 0.717) is 5.22 Å². The van der Waals surface area contributed by atoms with Gasteiger partial charge >= 0.3 is 18.0 Å². The third-order valence-electron chi connectivity index (χ3n) is 4.42. The fourth-order valence-corrected chi connectivity index (χ4v) is 3.46. The Labute approximate surface area is 179 Å². The molecule has 2 aromatic carbocycles. The summed E-state index contributed by atoms with van der Waals surface area (Å²) in [6.45, 7) is 0. The lowest BCUT2D eigenvalue weighted by atomic mass is 9.82. The van der Waals surface area contributed by atoms with Crippen LogP contribution in [0.3, 0.4) is 0 Å². The summed E-state index contributed by atoms with van der Waals surface area (Å²) >= 11 is 12.2. The van der Waals surface area contributed by atoms with Gasteiger partial charge in [-0.3, -0.25) is 10.3 Å². The molecule has 0 radical (unpaired) electrons. The van der Waals surface area contributed by atoms with Gasteiger partial charge in [-0.1, -0.05) is 35.3 Å². The minimum absolute atomic E-state index is 0.0844. The lowest BCUT2D eigenvalue weighted by molar-refractivity contribution is -0.141. The maximum atomic E-state index is 12.5. The number of carboxylic acid groups (broad SMARTS) is 2. The highest BCUT2D eigenvalue weighted by atomic mass is 35.5. The molecule has 10 heteroatoms. The van der Waals surface area contributed by atoms with Crippen molar-refractivity contribution in [1.29, 1.82) is 0 Å². The summed E-state index contributed by atoms with van der Waals surface area (Å²) in [5.41, 5.74) is -1.46. The summed E-state index contributed by atoms with van der Waals surface area (Å²) in [5.74, 6) is -2.62. The van der Waals surface area contributed by atoms with Crippen LogP contribution in [0.2, 0.25) is 10.0 Å². The first-order chi connectivity index (χ1) is 14.2. The van der Waals surface area contributed by atoms with Gasteiger partial charge in [-0.2, -0.15) is 0 Å². The van der Waals surface area contributed by atoms with E-state index in [-0.39, 0.29) is 32.2 Å². The van der Waals surface area contributed by atoms with Crippen LogP contribution < -0.4 is 15.9 Å². The van der Waals surface area contributed by atoms with Gasteiger partial charge in [-0.25, -0.2) is 14.4 Å². The van der Waals surface area contributed by atoms with Crippen molar-refractivity contribution in [2.45, 2.75) is 5.54 Å². The quantitative estimate of drug-likeness (QED) is 0.603. The van der Waals surface area contributed by atoms with Gasteiger partial charge < -0.3 is 14.9 Å². The van der Waals surface area contributed by atoms with Crippen LogP contribution in [0.15, 0.2) is 53.5 Å². The van der Waals surface area contributed by atoms with Gasteiger partial charge in [0.25, 0.3) is 0 Å². The second-order valence-corrected chi connectivity index (χ2v) is 7.01. The molecule has 30 heavy (non-hydrogen) atoms. The maximum absolute atomic E-state index is 12.5. The second-order valence-electron chi connectivity index (χ2n) is 6.19. The monoisotopic (exact) mass is 448 g/mol. The molecule has 8 nitrogen and oxygen atoms in total. The first-order valence-electron chi connectivity index (χ1n) is 8.38. The predicted octanol–water partition coefficient (Wildman–Crippen LogP) is 2.58. The first-order valence-corrected chi connectivity index (χ1v) is 9.14. The zero-order valence-electron chi connectivity index (χ0n) is 15.3. The normalized spacial score (nSPS) is 17.4. The average molecular weight is 449 g/mol. The Morgan fingerprint density at radius 3 is 2.47 bits per heavy atom. The van der Waals surface area contributed by atoms with Crippen molar-refractivity contribution in [3.8, 4) is 0 Å². The maximum Gasteiger partial charge on any atom is 0.411 e. The van der Waals surface area contributed by atoms with Crippen LogP contribution in [0, 0.1) is 0 Å². The van der Waals surface area contributed by atoms with Gasteiger partial charge in [0.2, 0.25) is 5.54 Å². The van der Waals surface area contributed by atoms with E-state index in [2.05, 4.69) is 15.0 Å². The van der Waals surface area contributed by atoms with Crippen molar-refractivity contribution in [3.05, 3.63) is 74.7 Å². The topological polar surface area (TPSA) is 125 Å². The molecular formula is C20H14Cl2N2O6. The zero-order chi connectivity index (χ0) is 22.1. The van der Waals surface area contributed by atoms with E-state index < -0.39 is 23.6 Å². The van der Waals surface area contributed by atoms with Gasteiger partial charge in [0.05, 0.1) is 22.5 Å². The molecule has 154 valence electrons. The van der Waals surface area contributed by atoms with Crippen molar-refractivity contribution in [2.24, 2.45) is 4.99 Å². The third-order valence-corrected chi connectivity index (χ3v) is 5.14. The number of carboxylic acids is 2. The van der Waals surface area contributed by atoms with Gasteiger partial charge in [-0.15, -0.1) is 0 Å². The molecule has 3 N–H and O–H groups in total. The molecule has 0 fully saturated rings. The largest absolute Gasteiger partial charge is 0.479 e. The number of aliphatic carboxylic acids is 2. The third kappa shape index (κ3) is 3.74. The number of rotatable bonds is 5. The summed E-state index contributed by atoms with van der Waals surface area (Å²) in [6.07, 6.45) is 1.24. The number of ether oxygens (including phenoxy) is 1. The molecule has 0 saturated heterocycles. The summed E-state index contributed by atoms with van der Waals surface area (Å²) in [5, 5.41) is 22.6. The summed E-state index contributed by atoms with van der Waals surface area (Å²) in [4.78, 5) is 39.6. The molecule has 0 bridgehead atoms. The molecule has 3 rings (SSSR count). The number of carbonyl (C=O) groups excluding carboxylic acids is 1. The lowest BCUT2D eigenvalue weighted by Gasteiger charge is -2.25. The Kier molecular flexibility index (Phi) is 5.82. The smallest absolute Gasteiger partial charge is 0.411 e. The molecule has 1 unspecified atom stereocenters. The van der Waals surface area contributed by atoms with E-state index >= 15 is 0 Å². The number of fused-ring (bicyclic) bond motifs is 1. The van der Waals surface area contributed by atoms with Crippen LogP contribution in [0.1, 0.15) is 5.56 Å². The second kappa shape index (κ2) is 8.17. The molecule has 0 saturated carbocycles. The van der Waals surface area contributed by atoms with Crippen LogP contribution in [-0.2, 0) is 19.9 Å². The van der Waals surface area contributed by atoms with Crippen LogP contribution in [0.25, 0.3) is 5.57 Å². The van der Waals surface area contributed by atoms with Crippen LogP contribution in [0.5, 0.6) is 0 Å². The Morgan fingerprint density at radius 1 is 1.13 bits per heavy atom. The van der Waals surface area contributed by atoms with Crippen molar-refractivity contribution in [2.75, 3.05) is 12.4 Å². The van der Waals surface area contributed by atoms with Crippen molar-refractivity contribution >= 4 is 52.5 Å². The molecule has 2 aromatic rings. The SMILES string of the molecule is COC(=O)Nc1cccc(C2(C(=O)O)N=c3cc(Cl)c(Cl)cc3=C2C=CC(=O)O)c1. The highest BCUT2D eigenvalue weighted by Crippen LogP contribution is 2.38. The van der Waals surface area contributed by atoms with Crippen LogP contribution in [0.4, 0.5) is 10.5 Å². The van der Waals surface area contributed by atoms with Crippen molar-refractivity contribution < 1.29 is 29.3 Å². The lowest BCUT2D eigenvalue weighted by Crippen LogP contribution is -2.34. The van der Waals surface area contributed by atoms with Crippen molar-refractivity contribution in [3.63, 3.8) is 0 Å². The number of nitrogens with zero attached hydrogens (tertiary/aromatic N) is 1. The van der Waals surface area contributed by atoms with Gasteiger partial charge in [0.15, 0.2) is 0 Å². The predicted molar refractivity (Wildman–Crippen MR) is 109 cm³/mol. The number of hydrogen-bond acceptors (Lipinski definition) is 5. The van der Waals surface area contributed by atoms with Gasteiger partial charge in [-0.05, 0) is 35.9 Å². The summed E-state index contributed by atoms with van der Waals surface area (Å²) in [6, 6.07) is 8.84. The Bertz CT molecular complexity index is 1220. The van der Waals surface area contributed by atoms with E-state index in [0.717, 1.165) is 12.2 Å². The number of halogens is 2. The van der Waals surface area contributed by atoms with Crippen LogP contribution >= 0.6 is 23.2 Å². The van der Waals surface area contributed by atoms with E-state index in [1.54, 1.807) is 6.07 Å². The highest BCUT2D eigenvalue weighted by Gasteiger charge is 2.46. The highest BCUT2D eigenvalue weighted by molar-refractivity contribution is 6.42. The van der Waals surface area contributed by atoms with E-state index in [1.165, 1.54) is 37.4 Å². The molecule has 1 aliphatic rings. The zero-order valence-corrected chi connectivity index (χ0v) is 16.9. The molecule has 0 spiro atoms. The fourth-order valence-electron chi connectivity index (χ4n) is 3.14. The summed E-state index contributed by atoms with van der Waals surface area (Å²) in [7, 11) is 1.19. The molecule has 1 atom stereocenters. The molecule has 1 aliphatic heterocycles. The Morgan fingerprint density at radius 2 is 1.83 bits per heavy atom. The molecule has 1 heterocycles. The Balaban J connectivity index is 2.34. The van der Waals surface area contributed by atoms with E-state index in [4.69, 9.17) is 28.3 Å². The number of methoxy groups -OCH3 is 1. The number of amides is 1. The number of hydrogen-bond donors (Lipinski definition) is 3. The number of nitrogens with one attached hydrogen (secondary N) is 1. The fraction of sp³-hybridized carbons (Fsp3) is 0.100. The van der Waals surface area contributed by atoms with Crippen molar-refractivity contribution in [1.82, 2.24) is 0 Å². The Hall–Kier alpha value is -3.36. The standard InChI is InChI=1S/C20H14Cl2N2O6/c1-30-19(29)23-11-4-2-3-10(7-11)20(18(27)28)13(5-6-17(25)26)12-8-14(21)15(22)9-16(12)24-20/h2-9H,1H3,(H,23,29)(H,25,26)(H,27,28). The van der Waals surface area contributed by atoms with E-state index in [1.807, 2.05) is 0 Å². The summed E-state index contributed by atoms with van der Waals surface area (Å²) < 4.78 is 4.55. The first kappa shape index (κ1) is 21.4.